The number of carbonyl (C=O) groups is 2. The lowest BCUT2D eigenvalue weighted by Gasteiger charge is -2.30. The van der Waals surface area contributed by atoms with Gasteiger partial charge in [0.15, 0.2) is 12.4 Å². The lowest BCUT2D eigenvalue weighted by molar-refractivity contribution is -0.124. The van der Waals surface area contributed by atoms with Crippen molar-refractivity contribution >= 4 is 29.9 Å². The van der Waals surface area contributed by atoms with E-state index in [2.05, 4.69) is 22.9 Å². The second kappa shape index (κ2) is 9.99. The maximum atomic E-state index is 12.1. The van der Waals surface area contributed by atoms with E-state index in [1.165, 1.54) is 6.26 Å². The average molecular weight is 394 g/mol. The van der Waals surface area contributed by atoms with Gasteiger partial charge in [-0.1, -0.05) is 6.07 Å². The van der Waals surface area contributed by atoms with Gasteiger partial charge in [0.1, 0.15) is 5.75 Å². The largest absolute Gasteiger partial charge is 0.484 e. The summed E-state index contributed by atoms with van der Waals surface area (Å²) in [5.41, 5.74) is 0.564. The van der Waals surface area contributed by atoms with Crippen LogP contribution in [0.1, 0.15) is 30.3 Å². The Bertz CT molecular complexity index is 751. The summed E-state index contributed by atoms with van der Waals surface area (Å²) in [5.74, 6) is 0.234. The van der Waals surface area contributed by atoms with Crippen LogP contribution in [0.5, 0.6) is 5.75 Å². The number of hydrogen-bond acceptors (Lipinski definition) is 5. The molecule has 146 valence electrons. The first-order valence-electron chi connectivity index (χ1n) is 8.72. The van der Waals surface area contributed by atoms with E-state index < -0.39 is 0 Å². The third kappa shape index (κ3) is 6.01. The molecule has 3 N–H and O–H groups in total. The average Bonchev–Trinajstić information content (AvgIpc) is 3.17. The van der Waals surface area contributed by atoms with Gasteiger partial charge in [-0.2, -0.15) is 0 Å². The monoisotopic (exact) mass is 393 g/mol. The summed E-state index contributed by atoms with van der Waals surface area (Å²) < 4.78 is 10.6. The summed E-state index contributed by atoms with van der Waals surface area (Å²) in [6.45, 7) is 2.98. The van der Waals surface area contributed by atoms with Gasteiger partial charge in [-0.15, -0.1) is 12.4 Å². The van der Waals surface area contributed by atoms with Gasteiger partial charge in [0.25, 0.3) is 11.8 Å². The highest BCUT2D eigenvalue weighted by Crippen LogP contribution is 2.18. The highest BCUT2D eigenvalue weighted by molar-refractivity contribution is 6.02. The summed E-state index contributed by atoms with van der Waals surface area (Å²) in [4.78, 5) is 24.1. The second-order valence-electron chi connectivity index (χ2n) is 6.31. The molecule has 1 aliphatic rings. The number of rotatable bonds is 6. The molecule has 1 fully saturated rings. The van der Waals surface area contributed by atoms with E-state index in [-0.39, 0.29) is 48.7 Å². The Kier molecular flexibility index (Phi) is 7.69. The van der Waals surface area contributed by atoms with Gasteiger partial charge in [-0.05, 0) is 50.6 Å². The molecule has 0 saturated carbocycles. The molecule has 3 rings (SSSR count). The lowest BCUT2D eigenvalue weighted by Crippen LogP contribution is -2.52. The number of carbonyl (C=O) groups excluding carboxylic acids is 2. The molecule has 2 amide bonds. The molecule has 2 aromatic rings. The van der Waals surface area contributed by atoms with Gasteiger partial charge < -0.3 is 25.1 Å². The second-order valence-corrected chi connectivity index (χ2v) is 6.31. The van der Waals surface area contributed by atoms with Gasteiger partial charge in [0, 0.05) is 23.8 Å². The predicted octanol–water partition coefficient (Wildman–Crippen LogP) is 2.59. The molecule has 27 heavy (non-hydrogen) atoms. The third-order valence-corrected chi connectivity index (χ3v) is 4.31. The minimum atomic E-state index is -0.344. The topological polar surface area (TPSA) is 92.6 Å². The molecule has 0 spiro atoms. The van der Waals surface area contributed by atoms with E-state index in [0.717, 1.165) is 19.4 Å². The molecule has 1 saturated heterocycles. The summed E-state index contributed by atoms with van der Waals surface area (Å²) in [6, 6.07) is 10.5. The van der Waals surface area contributed by atoms with E-state index in [0.29, 0.717) is 11.4 Å². The lowest BCUT2D eigenvalue weighted by atomic mass is 10.00. The molecule has 1 aromatic heterocycles. The van der Waals surface area contributed by atoms with Crippen LogP contribution in [0.3, 0.4) is 0 Å². The summed E-state index contributed by atoms with van der Waals surface area (Å²) in [7, 11) is 0. The third-order valence-electron chi connectivity index (χ3n) is 4.31. The van der Waals surface area contributed by atoms with E-state index >= 15 is 0 Å². The number of furan rings is 1. The van der Waals surface area contributed by atoms with E-state index in [1.807, 2.05) is 0 Å². The molecule has 1 aliphatic heterocycles. The van der Waals surface area contributed by atoms with Crippen molar-refractivity contribution in [2.24, 2.45) is 0 Å². The fourth-order valence-electron chi connectivity index (χ4n) is 2.90. The fraction of sp³-hybridized carbons (Fsp3) is 0.368. The fourth-order valence-corrected chi connectivity index (χ4v) is 2.90. The highest BCUT2D eigenvalue weighted by Gasteiger charge is 2.22. The molecular weight excluding hydrogens is 370 g/mol. The molecule has 2 atom stereocenters. The highest BCUT2D eigenvalue weighted by atomic mass is 35.5. The Balaban J connectivity index is 0.00000261. The van der Waals surface area contributed by atoms with Crippen LogP contribution < -0.4 is 20.7 Å². The first-order chi connectivity index (χ1) is 12.6. The van der Waals surface area contributed by atoms with Gasteiger partial charge in [0.05, 0.1) is 6.26 Å². The molecule has 0 aliphatic carbocycles. The minimum Gasteiger partial charge on any atom is -0.484 e. The Morgan fingerprint density at radius 1 is 1.30 bits per heavy atom. The van der Waals surface area contributed by atoms with Crippen molar-refractivity contribution in [3.63, 3.8) is 0 Å². The van der Waals surface area contributed by atoms with Crippen molar-refractivity contribution in [3.8, 4) is 5.75 Å². The first kappa shape index (κ1) is 20.8. The zero-order valence-electron chi connectivity index (χ0n) is 15.1. The molecule has 2 unspecified atom stereocenters. The summed E-state index contributed by atoms with van der Waals surface area (Å²) in [6.07, 6.45) is 3.46. The summed E-state index contributed by atoms with van der Waals surface area (Å²) >= 11 is 0. The van der Waals surface area contributed by atoms with Crippen molar-refractivity contribution in [3.05, 3.63) is 48.4 Å². The zero-order chi connectivity index (χ0) is 18.4. The number of ether oxygens (including phenoxy) is 1. The van der Waals surface area contributed by atoms with Crippen LogP contribution in [0.25, 0.3) is 0 Å². The Morgan fingerprint density at radius 2 is 2.15 bits per heavy atom. The summed E-state index contributed by atoms with van der Waals surface area (Å²) in [5, 5.41) is 9.06. The molecular formula is C19H24ClN3O4. The maximum Gasteiger partial charge on any atom is 0.291 e. The number of anilines is 1. The van der Waals surface area contributed by atoms with Gasteiger partial charge in [-0.3, -0.25) is 9.59 Å². The first-order valence-corrected chi connectivity index (χ1v) is 8.72. The van der Waals surface area contributed by atoms with Crippen LogP contribution in [0, 0.1) is 0 Å². The van der Waals surface area contributed by atoms with E-state index in [4.69, 9.17) is 9.15 Å². The van der Waals surface area contributed by atoms with Crippen LogP contribution in [-0.2, 0) is 4.79 Å². The van der Waals surface area contributed by atoms with Gasteiger partial charge >= 0.3 is 0 Å². The zero-order valence-corrected chi connectivity index (χ0v) is 15.9. The Hall–Kier alpha value is -2.51. The smallest absolute Gasteiger partial charge is 0.291 e. The van der Waals surface area contributed by atoms with E-state index in [9.17, 15) is 9.59 Å². The van der Waals surface area contributed by atoms with Crippen molar-refractivity contribution in [2.45, 2.75) is 31.8 Å². The van der Waals surface area contributed by atoms with Crippen molar-refractivity contribution in [1.29, 1.82) is 0 Å². The van der Waals surface area contributed by atoms with Crippen LogP contribution in [0.2, 0.25) is 0 Å². The number of nitrogens with one attached hydrogen (secondary N) is 3. The van der Waals surface area contributed by atoms with Crippen molar-refractivity contribution in [2.75, 3.05) is 18.5 Å². The minimum absolute atomic E-state index is 0. The quantitative estimate of drug-likeness (QED) is 0.701. The number of amides is 2. The van der Waals surface area contributed by atoms with Crippen LogP contribution >= 0.6 is 12.4 Å². The van der Waals surface area contributed by atoms with Gasteiger partial charge in [0.2, 0.25) is 0 Å². The van der Waals surface area contributed by atoms with Crippen molar-refractivity contribution in [1.82, 2.24) is 10.6 Å². The molecule has 2 heterocycles. The van der Waals surface area contributed by atoms with Crippen LogP contribution in [0.15, 0.2) is 47.1 Å². The van der Waals surface area contributed by atoms with Crippen LogP contribution in [0.4, 0.5) is 5.69 Å². The number of piperidine rings is 1. The molecule has 7 nitrogen and oxygen atoms in total. The molecule has 8 heteroatoms. The van der Waals surface area contributed by atoms with Crippen molar-refractivity contribution < 1.29 is 18.7 Å². The standard InChI is InChI=1S/C19H23N3O4.ClH/c1-13-16(7-3-9-20-13)22-18(23)12-26-15-6-2-5-14(11-15)21-19(24)17-8-4-10-25-17;/h2,4-6,8,10-11,13,16,20H,3,7,9,12H2,1H3,(H,21,24)(H,22,23);1H. The number of halogens is 1. The Morgan fingerprint density at radius 3 is 2.89 bits per heavy atom. The Labute approximate surface area is 164 Å². The number of hydrogen-bond donors (Lipinski definition) is 3. The molecule has 1 aromatic carbocycles. The molecule has 0 radical (unpaired) electrons. The van der Waals surface area contributed by atoms with E-state index in [1.54, 1.807) is 36.4 Å². The van der Waals surface area contributed by atoms with Crippen LogP contribution in [-0.4, -0.2) is 37.0 Å². The van der Waals surface area contributed by atoms with Gasteiger partial charge in [-0.25, -0.2) is 0 Å². The number of benzene rings is 1. The molecule has 0 bridgehead atoms. The normalized spacial score (nSPS) is 18.9. The predicted molar refractivity (Wildman–Crippen MR) is 104 cm³/mol. The SMILES string of the molecule is CC1NCCCC1NC(=O)COc1cccc(NC(=O)c2ccco2)c1.Cl. The maximum absolute atomic E-state index is 12.1.